The van der Waals surface area contributed by atoms with E-state index < -0.39 is 5.82 Å². The van der Waals surface area contributed by atoms with Gasteiger partial charge in [0.2, 0.25) is 5.88 Å². The highest BCUT2D eigenvalue weighted by Crippen LogP contribution is 2.34. The zero-order valence-electron chi connectivity index (χ0n) is 18.1. The van der Waals surface area contributed by atoms with Gasteiger partial charge in [-0.05, 0) is 50.2 Å². The van der Waals surface area contributed by atoms with Crippen molar-refractivity contribution < 1.29 is 14.3 Å². The summed E-state index contributed by atoms with van der Waals surface area (Å²) in [6, 6.07) is 8.29. The van der Waals surface area contributed by atoms with Crippen LogP contribution in [0.3, 0.4) is 0 Å². The Balaban J connectivity index is 1.59. The Hall–Kier alpha value is -3.77. The number of aromatic nitrogens is 3. The van der Waals surface area contributed by atoms with Gasteiger partial charge in [0.25, 0.3) is 5.91 Å². The van der Waals surface area contributed by atoms with Crippen molar-refractivity contribution in [2.75, 3.05) is 26.7 Å². The maximum Gasteiger partial charge on any atom is 0.255 e. The topological polar surface area (TPSA) is 98.3 Å². The molecule has 1 saturated heterocycles. The van der Waals surface area contributed by atoms with E-state index in [4.69, 9.17) is 5.26 Å². The third kappa shape index (κ3) is 3.69. The van der Waals surface area contributed by atoms with Crippen LogP contribution in [0.2, 0.25) is 0 Å². The Morgan fingerprint density at radius 3 is 2.66 bits per heavy atom. The number of pyridine rings is 1. The number of nitriles is 1. The molecule has 1 aliphatic heterocycles. The number of hydrogen-bond acceptors (Lipinski definition) is 6. The minimum absolute atomic E-state index is 0.0604. The second-order valence-electron chi connectivity index (χ2n) is 7.99. The molecule has 2 aromatic heterocycles. The number of rotatable bonds is 3. The number of aromatic hydroxyl groups is 1. The Morgan fingerprint density at radius 1 is 1.22 bits per heavy atom. The van der Waals surface area contributed by atoms with Gasteiger partial charge in [-0.25, -0.2) is 9.37 Å². The third-order valence-electron chi connectivity index (χ3n) is 6.00. The van der Waals surface area contributed by atoms with Crippen molar-refractivity contribution in [3.05, 3.63) is 59.2 Å². The number of nitrogens with zero attached hydrogens (tertiary/aromatic N) is 6. The highest BCUT2D eigenvalue weighted by atomic mass is 19.1. The minimum atomic E-state index is -0.628. The van der Waals surface area contributed by atoms with Crippen LogP contribution in [-0.4, -0.2) is 68.3 Å². The molecule has 1 aliphatic rings. The summed E-state index contributed by atoms with van der Waals surface area (Å²) in [6.07, 6.45) is 2.88. The molecule has 1 N–H and O–H groups in total. The smallest absolute Gasteiger partial charge is 0.255 e. The van der Waals surface area contributed by atoms with Gasteiger partial charge in [0.15, 0.2) is 5.82 Å². The highest BCUT2D eigenvalue weighted by molar-refractivity contribution is 5.94. The number of benzene rings is 1. The fourth-order valence-corrected chi connectivity index (χ4v) is 3.82. The molecule has 0 radical (unpaired) electrons. The van der Waals surface area contributed by atoms with Crippen molar-refractivity contribution in [3.63, 3.8) is 0 Å². The standard InChI is InChI=1S/C23H23FN6O2/c1-14-13-29(9-8-28(14)3)22(31)17-5-7-20(26-11-17)30-23(32)19(12-27-30)18-6-4-16(10-25)21(24)15(18)2/h4-7,11-12,14,32H,8-9,13H2,1-3H3. The molecule has 1 unspecified atom stereocenters. The Labute approximate surface area is 185 Å². The van der Waals surface area contributed by atoms with Crippen molar-refractivity contribution >= 4 is 5.91 Å². The molecule has 3 heterocycles. The number of halogens is 1. The molecule has 8 nitrogen and oxygen atoms in total. The van der Waals surface area contributed by atoms with Crippen molar-refractivity contribution in [3.8, 4) is 28.9 Å². The molecule has 0 aliphatic carbocycles. The first-order valence-electron chi connectivity index (χ1n) is 10.2. The quantitative estimate of drug-likeness (QED) is 0.681. The number of carbonyl (C=O) groups excluding carboxylic acids is 1. The molecule has 4 rings (SSSR count). The van der Waals surface area contributed by atoms with Gasteiger partial charge in [-0.3, -0.25) is 4.79 Å². The van der Waals surface area contributed by atoms with Gasteiger partial charge in [-0.2, -0.15) is 15.0 Å². The summed E-state index contributed by atoms with van der Waals surface area (Å²) in [5, 5.41) is 23.9. The normalized spacial score (nSPS) is 16.7. The van der Waals surface area contributed by atoms with Crippen molar-refractivity contribution in [2.24, 2.45) is 0 Å². The van der Waals surface area contributed by atoms with Crippen LogP contribution >= 0.6 is 0 Å². The van der Waals surface area contributed by atoms with E-state index in [0.717, 1.165) is 6.54 Å². The molecule has 1 aromatic carbocycles. The van der Waals surface area contributed by atoms with E-state index in [1.165, 1.54) is 23.1 Å². The van der Waals surface area contributed by atoms with Gasteiger partial charge in [-0.1, -0.05) is 6.07 Å². The van der Waals surface area contributed by atoms with Crippen molar-refractivity contribution in [1.29, 1.82) is 5.26 Å². The SMILES string of the molecule is Cc1c(-c2cnn(-c3ccc(C(=O)N4CCN(C)C(C)C4)cn3)c2O)ccc(C#N)c1F. The summed E-state index contributed by atoms with van der Waals surface area (Å²) in [4.78, 5) is 21.1. The predicted octanol–water partition coefficient (Wildman–Crippen LogP) is 2.74. The molecule has 0 bridgehead atoms. The number of amides is 1. The van der Waals surface area contributed by atoms with Crippen LogP contribution in [0, 0.1) is 24.1 Å². The first kappa shape index (κ1) is 21.5. The summed E-state index contributed by atoms with van der Waals surface area (Å²) in [5.74, 6) is -0.602. The molecule has 1 fully saturated rings. The molecular formula is C23H23FN6O2. The lowest BCUT2D eigenvalue weighted by atomic mass is 10.00. The second kappa shape index (κ2) is 8.40. The van der Waals surface area contributed by atoms with E-state index in [9.17, 15) is 14.3 Å². The van der Waals surface area contributed by atoms with Gasteiger partial charge >= 0.3 is 0 Å². The van der Waals surface area contributed by atoms with Gasteiger partial charge in [-0.15, -0.1) is 0 Å². The van der Waals surface area contributed by atoms with Gasteiger partial charge in [0.1, 0.15) is 11.9 Å². The molecule has 0 spiro atoms. The molecule has 3 aromatic rings. The van der Waals surface area contributed by atoms with E-state index in [2.05, 4.69) is 21.9 Å². The van der Waals surface area contributed by atoms with Gasteiger partial charge < -0.3 is 14.9 Å². The zero-order valence-corrected chi connectivity index (χ0v) is 18.1. The largest absolute Gasteiger partial charge is 0.493 e. The molecule has 32 heavy (non-hydrogen) atoms. The molecule has 1 amide bonds. The first-order valence-corrected chi connectivity index (χ1v) is 10.2. The van der Waals surface area contributed by atoms with E-state index in [1.807, 2.05) is 11.9 Å². The Morgan fingerprint density at radius 2 is 2.00 bits per heavy atom. The van der Waals surface area contributed by atoms with E-state index in [1.54, 1.807) is 31.2 Å². The lowest BCUT2D eigenvalue weighted by Gasteiger charge is -2.37. The molecular weight excluding hydrogens is 411 g/mol. The van der Waals surface area contributed by atoms with Crippen LogP contribution in [0.1, 0.15) is 28.4 Å². The van der Waals surface area contributed by atoms with Crippen LogP contribution in [0.25, 0.3) is 16.9 Å². The molecule has 0 saturated carbocycles. The first-order chi connectivity index (χ1) is 15.3. The lowest BCUT2D eigenvalue weighted by molar-refractivity contribution is 0.0572. The summed E-state index contributed by atoms with van der Waals surface area (Å²) in [5.41, 5.74) is 1.40. The Kier molecular flexibility index (Phi) is 5.63. The lowest BCUT2D eigenvalue weighted by Crippen LogP contribution is -2.52. The third-order valence-corrected chi connectivity index (χ3v) is 6.00. The predicted molar refractivity (Wildman–Crippen MR) is 116 cm³/mol. The van der Waals surface area contributed by atoms with E-state index >= 15 is 0 Å². The second-order valence-corrected chi connectivity index (χ2v) is 7.99. The van der Waals surface area contributed by atoms with Crippen LogP contribution in [0.4, 0.5) is 4.39 Å². The van der Waals surface area contributed by atoms with Crippen molar-refractivity contribution in [2.45, 2.75) is 19.9 Å². The average molecular weight is 434 g/mol. The Bertz CT molecular complexity index is 1210. The van der Waals surface area contributed by atoms with E-state index in [-0.39, 0.29) is 29.0 Å². The number of piperazine rings is 1. The van der Waals surface area contributed by atoms with Crippen LogP contribution in [0.15, 0.2) is 36.7 Å². The summed E-state index contributed by atoms with van der Waals surface area (Å²) in [7, 11) is 2.04. The van der Waals surface area contributed by atoms with Crippen LogP contribution < -0.4 is 0 Å². The van der Waals surface area contributed by atoms with Crippen molar-refractivity contribution in [1.82, 2.24) is 24.6 Å². The maximum atomic E-state index is 14.3. The molecule has 9 heteroatoms. The average Bonchev–Trinajstić information content (AvgIpc) is 3.18. The number of hydrogen-bond donors (Lipinski definition) is 1. The fourth-order valence-electron chi connectivity index (χ4n) is 3.82. The summed E-state index contributed by atoms with van der Waals surface area (Å²) >= 11 is 0. The number of carbonyl (C=O) groups is 1. The van der Waals surface area contributed by atoms with Gasteiger partial charge in [0.05, 0.1) is 22.9 Å². The highest BCUT2D eigenvalue weighted by Gasteiger charge is 2.25. The minimum Gasteiger partial charge on any atom is -0.493 e. The van der Waals surface area contributed by atoms with Gasteiger partial charge in [0, 0.05) is 31.9 Å². The van der Waals surface area contributed by atoms with E-state index in [0.29, 0.717) is 35.6 Å². The summed E-state index contributed by atoms with van der Waals surface area (Å²) < 4.78 is 15.6. The van der Waals surface area contributed by atoms with Crippen LogP contribution in [-0.2, 0) is 0 Å². The zero-order chi connectivity index (χ0) is 23.0. The number of likely N-dealkylation sites (N-methyl/N-ethyl adjacent to an activating group) is 1. The maximum absolute atomic E-state index is 14.3. The summed E-state index contributed by atoms with van der Waals surface area (Å²) in [6.45, 7) is 5.75. The van der Waals surface area contributed by atoms with Crippen LogP contribution in [0.5, 0.6) is 5.88 Å². The molecule has 1 atom stereocenters. The molecule has 164 valence electrons. The fraction of sp³-hybridized carbons (Fsp3) is 0.304. The monoisotopic (exact) mass is 434 g/mol.